The normalized spacial score (nSPS) is 12.3. The first-order chi connectivity index (χ1) is 35.5. The highest BCUT2D eigenvalue weighted by molar-refractivity contribution is 9.10. The number of hydrogen-bond acceptors (Lipinski definition) is 11. The van der Waals surface area contributed by atoms with E-state index < -0.39 is 23.0 Å². The Hall–Kier alpha value is -6.92. The molecule has 0 atom stereocenters. The Balaban J connectivity index is 0.000000162. The molecule has 1 aliphatic heterocycles. The van der Waals surface area contributed by atoms with Gasteiger partial charge >= 0.3 is 0 Å². The van der Waals surface area contributed by atoms with Crippen molar-refractivity contribution in [3.05, 3.63) is 169 Å². The molecule has 8 aromatic rings. The van der Waals surface area contributed by atoms with Crippen molar-refractivity contribution in [2.45, 2.75) is 33.6 Å². The fourth-order valence-corrected chi connectivity index (χ4v) is 9.25. The number of carbonyl (C=O) groups is 2. The van der Waals surface area contributed by atoms with Gasteiger partial charge in [0.05, 0.1) is 56.3 Å². The van der Waals surface area contributed by atoms with Gasteiger partial charge in [0.2, 0.25) is 11.5 Å². The fourth-order valence-electron chi connectivity index (χ4n) is 8.33. The molecule has 74 heavy (non-hydrogen) atoms. The van der Waals surface area contributed by atoms with Gasteiger partial charge in [-0.3, -0.25) is 9.59 Å². The minimum Gasteiger partial charge on any atom is -0.496 e. The van der Waals surface area contributed by atoms with Crippen LogP contribution in [0, 0.1) is 37.2 Å². The average Bonchev–Trinajstić information content (AvgIpc) is 3.85. The summed E-state index contributed by atoms with van der Waals surface area (Å²) in [5.41, 5.74) is 4.93. The Labute approximate surface area is 448 Å². The largest absolute Gasteiger partial charge is 0.496 e. The van der Waals surface area contributed by atoms with Gasteiger partial charge in [-0.2, -0.15) is 19.6 Å². The van der Waals surface area contributed by atoms with Crippen molar-refractivity contribution < 1.29 is 41.7 Å². The van der Waals surface area contributed by atoms with Crippen molar-refractivity contribution in [3.63, 3.8) is 0 Å². The fraction of sp³-hybridized carbons (Fsp3) is 0.222. The molecule has 3 aromatic heterocycles. The maximum Gasteiger partial charge on any atom is 0.258 e. The number of ketones is 1. The molecule has 1 N–H and O–H groups in total. The lowest BCUT2D eigenvalue weighted by molar-refractivity contribution is 0.102. The number of carbonyl (C=O) groups excluding carboxylic acids is 2. The van der Waals surface area contributed by atoms with Gasteiger partial charge < -0.3 is 29.2 Å². The molecule has 1 amide bonds. The molecule has 0 aliphatic carbocycles. The van der Waals surface area contributed by atoms with Gasteiger partial charge in [0.25, 0.3) is 11.7 Å². The van der Waals surface area contributed by atoms with E-state index in [-0.39, 0.29) is 33.3 Å². The van der Waals surface area contributed by atoms with E-state index in [0.29, 0.717) is 87.4 Å². The van der Waals surface area contributed by atoms with Crippen molar-refractivity contribution in [1.82, 2.24) is 24.6 Å². The summed E-state index contributed by atoms with van der Waals surface area (Å²) in [7, 11) is 6.09. The number of halogens is 7. The molecule has 0 radical (unpaired) electrons. The maximum absolute atomic E-state index is 14.5. The molecular weight excluding hydrogens is 1090 g/mol. The van der Waals surface area contributed by atoms with Crippen molar-refractivity contribution in [2.75, 3.05) is 51.7 Å². The monoisotopic (exact) mass is 1130 g/mol. The predicted octanol–water partition coefficient (Wildman–Crippen LogP) is 13.7. The van der Waals surface area contributed by atoms with E-state index in [9.17, 15) is 22.8 Å². The smallest absolute Gasteiger partial charge is 0.258 e. The topological polar surface area (TPSA) is 142 Å². The lowest BCUT2D eigenvalue weighted by Crippen LogP contribution is -2.35. The summed E-state index contributed by atoms with van der Waals surface area (Å²) in [6, 6.07) is 24.9. The summed E-state index contributed by atoms with van der Waals surface area (Å²) >= 11 is 21.7. The number of aromatic nitrogens is 5. The summed E-state index contributed by atoms with van der Waals surface area (Å²) in [6.45, 7) is 7.20. The number of piperidine rings is 1. The number of ether oxygens (including phenoxy) is 4. The van der Waals surface area contributed by atoms with Gasteiger partial charge in [-0.15, -0.1) is 0 Å². The molecule has 1 fully saturated rings. The van der Waals surface area contributed by atoms with Crippen LogP contribution < -0.4 is 29.2 Å². The highest BCUT2D eigenvalue weighted by atomic mass is 79.9. The van der Waals surface area contributed by atoms with Crippen LogP contribution in [-0.2, 0) is 0 Å². The highest BCUT2D eigenvalue weighted by Gasteiger charge is 2.30. The maximum atomic E-state index is 14.5. The second-order valence-electron chi connectivity index (χ2n) is 16.8. The summed E-state index contributed by atoms with van der Waals surface area (Å²) in [4.78, 5) is 39.8. The second-order valence-corrected chi connectivity index (χ2v) is 18.8. The van der Waals surface area contributed by atoms with E-state index in [1.807, 2.05) is 73.3 Å². The Morgan fingerprint density at radius 2 is 1.41 bits per heavy atom. The van der Waals surface area contributed by atoms with Gasteiger partial charge in [-0.05, 0) is 97.8 Å². The summed E-state index contributed by atoms with van der Waals surface area (Å²) in [5.74, 6) is -0.667. The first kappa shape index (κ1) is 54.8. The number of pyridine rings is 1. The molecule has 0 unspecified atom stereocenters. The van der Waals surface area contributed by atoms with Crippen LogP contribution in [0.5, 0.6) is 23.0 Å². The Morgan fingerprint density at radius 3 is 2.04 bits per heavy atom. The number of para-hydroxylation sites is 1. The van der Waals surface area contributed by atoms with Crippen molar-refractivity contribution in [3.8, 4) is 45.3 Å². The van der Waals surface area contributed by atoms with Crippen LogP contribution in [0.1, 0.15) is 57.2 Å². The number of fused-ring (bicyclic) bond motifs is 1. The van der Waals surface area contributed by atoms with Gasteiger partial charge in [0.1, 0.15) is 45.7 Å². The van der Waals surface area contributed by atoms with E-state index in [1.165, 1.54) is 32.2 Å². The Bertz CT molecular complexity index is 3340. The van der Waals surface area contributed by atoms with Gasteiger partial charge in [0, 0.05) is 52.2 Å². The van der Waals surface area contributed by atoms with Crippen LogP contribution in [0.15, 0.2) is 108 Å². The zero-order valence-corrected chi connectivity index (χ0v) is 44.9. The SMILES string of the molecule is CC1CCN(c2c(-c3c(F)cc(F)cc3F)c(Cl)nc3ncnn23)CC1.COc1cc(C)c(C(=O)c2c(OC)ccc(Br)c2C)c(OC)c1OC.O=C(Nc1ccccc1-c1ccc(Cl)cc1)c1cccnc1Cl. The minimum atomic E-state index is -1.04. The minimum absolute atomic E-state index is 0.0502. The van der Waals surface area contributed by atoms with Crippen molar-refractivity contribution in [2.24, 2.45) is 5.92 Å². The summed E-state index contributed by atoms with van der Waals surface area (Å²) in [6.07, 6.45) is 4.69. The second kappa shape index (κ2) is 24.4. The zero-order valence-electron chi connectivity index (χ0n) is 41.0. The van der Waals surface area contributed by atoms with Crippen molar-refractivity contribution in [1.29, 1.82) is 0 Å². The zero-order chi connectivity index (χ0) is 53.4. The predicted molar refractivity (Wildman–Crippen MR) is 285 cm³/mol. The standard InChI is InChI=1S/C19H21BrO5.C18H12Cl2N2O.C17H15ClF3N5/c1-10-9-14(23-4)18(24-5)19(25-6)15(10)17(21)16-11(2)12(20)7-8-13(16)22-3;19-13-9-7-12(8-10-13)14-4-1-2-6-16(14)22-18(23)15-5-3-11-21-17(15)20;1-9-2-4-25(5-3-9)16-14(13-11(20)6-10(19)7-12(13)21)15(18)24-17-22-8-23-26(16)17/h7-9H,1-6H3;1-11H,(H,22,23);6-9H,2-5H2,1H3. The Morgan fingerprint density at radius 1 is 0.743 bits per heavy atom. The number of anilines is 2. The van der Waals surface area contributed by atoms with E-state index >= 15 is 0 Å². The number of nitrogens with zero attached hydrogens (tertiary/aromatic N) is 6. The first-order valence-electron chi connectivity index (χ1n) is 22.7. The number of rotatable bonds is 11. The molecule has 0 spiro atoms. The average molecular weight is 1130 g/mol. The molecule has 13 nitrogen and oxygen atoms in total. The molecule has 5 aromatic carbocycles. The van der Waals surface area contributed by atoms with Crippen LogP contribution in [0.25, 0.3) is 28.0 Å². The summed E-state index contributed by atoms with van der Waals surface area (Å²) < 4.78 is 66.2. The molecule has 384 valence electrons. The van der Waals surface area contributed by atoms with Crippen LogP contribution in [0.4, 0.5) is 24.7 Å². The van der Waals surface area contributed by atoms with E-state index in [1.54, 1.807) is 37.6 Å². The lowest BCUT2D eigenvalue weighted by Gasteiger charge is -2.33. The van der Waals surface area contributed by atoms with Crippen LogP contribution >= 0.6 is 50.7 Å². The third-order valence-corrected chi connectivity index (χ3v) is 13.8. The molecule has 1 aliphatic rings. The third kappa shape index (κ3) is 11.9. The molecule has 9 rings (SSSR count). The van der Waals surface area contributed by atoms with Gasteiger partial charge in [-0.1, -0.05) is 88.0 Å². The van der Waals surface area contributed by atoms with Crippen molar-refractivity contribution >= 4 is 79.7 Å². The highest BCUT2D eigenvalue weighted by Crippen LogP contribution is 2.45. The lowest BCUT2D eigenvalue weighted by atomic mass is 9.93. The number of hydrogen-bond donors (Lipinski definition) is 1. The van der Waals surface area contributed by atoms with Crippen LogP contribution in [0.3, 0.4) is 0 Å². The van der Waals surface area contributed by atoms with E-state index in [0.717, 1.165) is 39.6 Å². The molecule has 0 bridgehead atoms. The summed E-state index contributed by atoms with van der Waals surface area (Å²) in [5, 5.41) is 7.76. The van der Waals surface area contributed by atoms with Crippen LogP contribution in [-0.4, -0.2) is 77.8 Å². The number of amides is 1. The molecule has 20 heteroatoms. The molecular formula is C54H48BrCl3F3N7O6. The number of methoxy groups -OCH3 is 4. The number of aryl methyl sites for hydroxylation is 1. The number of nitrogens with one attached hydrogen (secondary N) is 1. The molecule has 1 saturated heterocycles. The van der Waals surface area contributed by atoms with Gasteiger partial charge in [0.15, 0.2) is 11.5 Å². The molecule has 4 heterocycles. The van der Waals surface area contributed by atoms with Crippen LogP contribution in [0.2, 0.25) is 15.3 Å². The molecule has 0 saturated carbocycles. The quantitative estimate of drug-likeness (QED) is 0.0751. The van der Waals surface area contributed by atoms with Gasteiger partial charge in [-0.25, -0.2) is 18.2 Å². The Kier molecular flexibility index (Phi) is 18.1. The number of benzene rings is 5. The van der Waals surface area contributed by atoms with E-state index in [4.69, 9.17) is 53.8 Å². The third-order valence-electron chi connectivity index (χ3n) is 12.1. The van der Waals surface area contributed by atoms with E-state index in [2.05, 4.69) is 48.2 Å². The first-order valence-corrected chi connectivity index (χ1v) is 24.7.